The van der Waals surface area contributed by atoms with Gasteiger partial charge in [0, 0.05) is 32.7 Å². The second-order valence-corrected chi connectivity index (χ2v) is 5.44. The van der Waals surface area contributed by atoms with Crippen LogP contribution in [0.3, 0.4) is 0 Å². The molecule has 1 aromatic carbocycles. The number of hydrogen-bond acceptors (Lipinski definition) is 4. The Bertz CT molecular complexity index is 594. The van der Waals surface area contributed by atoms with Crippen LogP contribution in [0.2, 0.25) is 5.02 Å². The highest BCUT2D eigenvalue weighted by Crippen LogP contribution is 2.28. The third-order valence-electron chi connectivity index (χ3n) is 3.58. The van der Waals surface area contributed by atoms with Gasteiger partial charge in [-0.15, -0.1) is 12.4 Å². The summed E-state index contributed by atoms with van der Waals surface area (Å²) in [6, 6.07) is 7.63. The monoisotopic (exact) mass is 327 g/mol. The van der Waals surface area contributed by atoms with Crippen LogP contribution in [0.5, 0.6) is 0 Å². The summed E-state index contributed by atoms with van der Waals surface area (Å²) in [5.74, 6) is 1.48. The van der Waals surface area contributed by atoms with E-state index in [1.54, 1.807) is 0 Å². The zero-order chi connectivity index (χ0) is 13.9. The van der Waals surface area contributed by atoms with Crippen molar-refractivity contribution in [2.24, 2.45) is 0 Å². The summed E-state index contributed by atoms with van der Waals surface area (Å²) in [5, 5.41) is 4.02. The van der Waals surface area contributed by atoms with E-state index in [0.29, 0.717) is 10.9 Å². The van der Waals surface area contributed by atoms with E-state index in [2.05, 4.69) is 15.2 Å². The number of benzene rings is 1. The average Bonchev–Trinajstić information content (AvgIpc) is 2.81. The molecule has 0 spiro atoms. The van der Waals surface area contributed by atoms with E-state index in [1.807, 2.05) is 31.2 Å². The van der Waals surface area contributed by atoms with Crippen molar-refractivity contribution >= 4 is 24.0 Å². The van der Waals surface area contributed by atoms with E-state index < -0.39 is 0 Å². The number of oxazole rings is 1. The summed E-state index contributed by atoms with van der Waals surface area (Å²) in [6.45, 7) is 6.97. The summed E-state index contributed by atoms with van der Waals surface area (Å²) in [6.07, 6.45) is 0. The fourth-order valence-corrected chi connectivity index (χ4v) is 2.62. The van der Waals surface area contributed by atoms with Gasteiger partial charge >= 0.3 is 0 Å². The fourth-order valence-electron chi connectivity index (χ4n) is 2.41. The maximum atomic E-state index is 6.19. The van der Waals surface area contributed by atoms with Gasteiger partial charge in [0.1, 0.15) is 5.76 Å². The molecular formula is C15H19Cl2N3O. The maximum absolute atomic E-state index is 6.19. The van der Waals surface area contributed by atoms with Gasteiger partial charge in [-0.2, -0.15) is 0 Å². The molecular weight excluding hydrogens is 309 g/mol. The van der Waals surface area contributed by atoms with Gasteiger partial charge in [-0.05, 0) is 19.1 Å². The number of aryl methyl sites for hydroxylation is 1. The minimum absolute atomic E-state index is 0. The molecule has 1 aliphatic heterocycles. The van der Waals surface area contributed by atoms with Gasteiger partial charge < -0.3 is 9.73 Å². The zero-order valence-corrected chi connectivity index (χ0v) is 13.5. The van der Waals surface area contributed by atoms with Crippen LogP contribution in [0, 0.1) is 6.92 Å². The summed E-state index contributed by atoms with van der Waals surface area (Å²) >= 11 is 6.19. The Morgan fingerprint density at radius 3 is 2.71 bits per heavy atom. The average molecular weight is 328 g/mol. The van der Waals surface area contributed by atoms with Gasteiger partial charge in [0.2, 0.25) is 5.89 Å². The van der Waals surface area contributed by atoms with Crippen LogP contribution in [0.25, 0.3) is 11.5 Å². The molecule has 0 atom stereocenters. The number of nitrogens with one attached hydrogen (secondary N) is 1. The minimum atomic E-state index is 0. The van der Waals surface area contributed by atoms with Gasteiger partial charge in [0.15, 0.2) is 0 Å². The molecule has 0 radical (unpaired) electrons. The van der Waals surface area contributed by atoms with Crippen LogP contribution in [0.15, 0.2) is 28.7 Å². The van der Waals surface area contributed by atoms with Gasteiger partial charge in [-0.25, -0.2) is 4.98 Å². The van der Waals surface area contributed by atoms with Crippen LogP contribution >= 0.6 is 24.0 Å². The molecule has 1 aromatic heterocycles. The van der Waals surface area contributed by atoms with Crippen LogP contribution in [0.4, 0.5) is 0 Å². The van der Waals surface area contributed by atoms with Crippen LogP contribution in [-0.4, -0.2) is 36.1 Å². The van der Waals surface area contributed by atoms with Crippen molar-refractivity contribution in [2.45, 2.75) is 13.5 Å². The highest BCUT2D eigenvalue weighted by Gasteiger charge is 2.17. The first-order valence-electron chi connectivity index (χ1n) is 6.88. The predicted molar refractivity (Wildman–Crippen MR) is 87.1 cm³/mol. The van der Waals surface area contributed by atoms with Gasteiger partial charge in [0.25, 0.3) is 0 Å². The number of hydrogen-bond donors (Lipinski definition) is 1. The Labute approximate surface area is 135 Å². The van der Waals surface area contributed by atoms with Gasteiger partial charge in [0.05, 0.1) is 16.3 Å². The number of halogens is 2. The number of aromatic nitrogens is 1. The molecule has 1 aliphatic rings. The summed E-state index contributed by atoms with van der Waals surface area (Å²) in [5.41, 5.74) is 1.85. The first-order chi connectivity index (χ1) is 9.74. The molecule has 6 heteroatoms. The lowest BCUT2D eigenvalue weighted by Gasteiger charge is -2.26. The van der Waals surface area contributed by atoms with Crippen molar-refractivity contribution in [3.05, 3.63) is 40.7 Å². The molecule has 21 heavy (non-hydrogen) atoms. The van der Waals surface area contributed by atoms with Crippen molar-refractivity contribution in [3.63, 3.8) is 0 Å². The van der Waals surface area contributed by atoms with Crippen molar-refractivity contribution < 1.29 is 4.42 Å². The van der Waals surface area contributed by atoms with E-state index in [0.717, 1.165) is 49.7 Å². The standard InChI is InChI=1S/C15H18ClN3O.ClH/c1-11-14(10-19-8-6-17-7-9-19)18-15(20-11)12-4-2-3-5-13(12)16;/h2-5,17H,6-10H2,1H3;1H. The van der Waals surface area contributed by atoms with Crippen molar-refractivity contribution in [1.82, 2.24) is 15.2 Å². The molecule has 0 saturated carbocycles. The lowest BCUT2D eigenvalue weighted by Crippen LogP contribution is -2.43. The Hall–Kier alpha value is -1.07. The Balaban J connectivity index is 0.00000161. The highest BCUT2D eigenvalue weighted by atomic mass is 35.5. The van der Waals surface area contributed by atoms with Gasteiger partial charge in [-0.3, -0.25) is 4.90 Å². The lowest BCUT2D eigenvalue weighted by molar-refractivity contribution is 0.230. The summed E-state index contributed by atoms with van der Waals surface area (Å²) in [4.78, 5) is 7.01. The lowest BCUT2D eigenvalue weighted by atomic mass is 10.2. The van der Waals surface area contributed by atoms with E-state index in [1.165, 1.54) is 0 Å². The molecule has 1 fully saturated rings. The van der Waals surface area contributed by atoms with Crippen LogP contribution in [-0.2, 0) is 6.54 Å². The molecule has 0 bridgehead atoms. The smallest absolute Gasteiger partial charge is 0.228 e. The summed E-state index contributed by atoms with van der Waals surface area (Å²) < 4.78 is 5.79. The molecule has 4 nitrogen and oxygen atoms in total. The van der Waals surface area contributed by atoms with E-state index >= 15 is 0 Å². The molecule has 2 heterocycles. The third-order valence-corrected chi connectivity index (χ3v) is 3.91. The molecule has 0 amide bonds. The molecule has 3 rings (SSSR count). The maximum Gasteiger partial charge on any atom is 0.228 e. The van der Waals surface area contributed by atoms with Crippen molar-refractivity contribution in [2.75, 3.05) is 26.2 Å². The summed E-state index contributed by atoms with van der Waals surface area (Å²) in [7, 11) is 0. The molecule has 1 N–H and O–H groups in total. The largest absolute Gasteiger partial charge is 0.441 e. The van der Waals surface area contributed by atoms with Crippen LogP contribution in [0.1, 0.15) is 11.5 Å². The predicted octanol–water partition coefficient (Wildman–Crippen LogP) is 3.13. The highest BCUT2D eigenvalue weighted by molar-refractivity contribution is 6.33. The van der Waals surface area contributed by atoms with Crippen molar-refractivity contribution in [1.29, 1.82) is 0 Å². The molecule has 0 unspecified atom stereocenters. The zero-order valence-electron chi connectivity index (χ0n) is 11.9. The van der Waals surface area contributed by atoms with Gasteiger partial charge in [-0.1, -0.05) is 23.7 Å². The van der Waals surface area contributed by atoms with Crippen molar-refractivity contribution in [3.8, 4) is 11.5 Å². The number of rotatable bonds is 3. The number of piperazine rings is 1. The topological polar surface area (TPSA) is 41.3 Å². The molecule has 0 aliphatic carbocycles. The fraction of sp³-hybridized carbons (Fsp3) is 0.400. The van der Waals surface area contributed by atoms with E-state index in [4.69, 9.17) is 16.0 Å². The normalized spacial score (nSPS) is 15.7. The quantitative estimate of drug-likeness (QED) is 0.940. The second kappa shape index (κ2) is 7.27. The SMILES string of the molecule is Cc1oc(-c2ccccc2Cl)nc1CN1CCNCC1.Cl. The Morgan fingerprint density at radius 2 is 2.00 bits per heavy atom. The van der Waals surface area contributed by atoms with Crippen LogP contribution < -0.4 is 5.32 Å². The second-order valence-electron chi connectivity index (χ2n) is 5.03. The number of nitrogens with zero attached hydrogens (tertiary/aromatic N) is 2. The third kappa shape index (κ3) is 3.77. The van der Waals surface area contributed by atoms with E-state index in [-0.39, 0.29) is 12.4 Å². The van der Waals surface area contributed by atoms with E-state index in [9.17, 15) is 0 Å². The molecule has 114 valence electrons. The first kappa shape index (κ1) is 16.3. The molecule has 2 aromatic rings. The molecule has 1 saturated heterocycles. The Kier molecular flexibility index (Phi) is 5.65. The minimum Gasteiger partial charge on any atom is -0.441 e. The Morgan fingerprint density at radius 1 is 1.29 bits per heavy atom. The first-order valence-corrected chi connectivity index (χ1v) is 7.26.